The molecule has 3 heterocycles. The summed E-state index contributed by atoms with van der Waals surface area (Å²) in [5.41, 5.74) is 1.85. The molecule has 0 aliphatic rings. The highest BCUT2D eigenvalue weighted by molar-refractivity contribution is 6.04. The van der Waals surface area contributed by atoms with Crippen molar-refractivity contribution in [2.45, 2.75) is 39.7 Å². The Labute approximate surface area is 162 Å². The normalized spacial score (nSPS) is 12.2. The molecule has 0 fully saturated rings. The van der Waals surface area contributed by atoms with Gasteiger partial charge in [0.1, 0.15) is 5.65 Å². The van der Waals surface area contributed by atoms with Crippen LogP contribution in [0.4, 0.5) is 5.69 Å². The van der Waals surface area contributed by atoms with Crippen molar-refractivity contribution in [3.63, 3.8) is 0 Å². The maximum absolute atomic E-state index is 12.5. The maximum Gasteiger partial charge on any atom is 0.277 e. The van der Waals surface area contributed by atoms with Crippen molar-refractivity contribution < 1.29 is 14.3 Å². The second kappa shape index (κ2) is 8.75. The minimum atomic E-state index is -0.371. The summed E-state index contributed by atoms with van der Waals surface area (Å²) in [5.74, 6) is -0.358. The molecule has 9 heteroatoms. The Bertz CT molecular complexity index is 977. The van der Waals surface area contributed by atoms with Gasteiger partial charge in [-0.15, -0.1) is 5.10 Å². The van der Waals surface area contributed by atoms with Crippen LogP contribution >= 0.6 is 0 Å². The van der Waals surface area contributed by atoms with Crippen LogP contribution in [0.15, 0.2) is 24.5 Å². The fraction of sp³-hybridized carbons (Fsp3) is 0.421. The zero-order valence-electron chi connectivity index (χ0n) is 16.2. The number of rotatable bonds is 9. The number of carbonyl (C=O) groups is 2. The van der Waals surface area contributed by atoms with Crippen molar-refractivity contribution in [2.75, 3.05) is 18.5 Å². The lowest BCUT2D eigenvalue weighted by atomic mass is 10.2. The van der Waals surface area contributed by atoms with E-state index in [9.17, 15) is 9.59 Å². The molecule has 3 aromatic rings. The SMILES string of the molecule is CCOCCC(C)n1cc(C(=O)Nc2cnc3[nH]c(C(=O)CC)cc3c2)nn1. The Morgan fingerprint density at radius 1 is 1.32 bits per heavy atom. The number of ether oxygens (including phenoxy) is 1. The molecule has 0 aliphatic heterocycles. The predicted molar refractivity (Wildman–Crippen MR) is 105 cm³/mol. The smallest absolute Gasteiger partial charge is 0.277 e. The Morgan fingerprint density at radius 2 is 2.14 bits per heavy atom. The highest BCUT2D eigenvalue weighted by Gasteiger charge is 2.15. The molecule has 1 unspecified atom stereocenters. The van der Waals surface area contributed by atoms with Crippen molar-refractivity contribution in [3.8, 4) is 0 Å². The number of nitrogens with zero attached hydrogens (tertiary/aromatic N) is 4. The molecule has 3 aromatic heterocycles. The van der Waals surface area contributed by atoms with Gasteiger partial charge in [0.2, 0.25) is 0 Å². The molecule has 0 aromatic carbocycles. The number of carbonyl (C=O) groups excluding carboxylic acids is 2. The van der Waals surface area contributed by atoms with Gasteiger partial charge in [0.25, 0.3) is 5.91 Å². The zero-order chi connectivity index (χ0) is 20.1. The first-order chi connectivity index (χ1) is 13.5. The van der Waals surface area contributed by atoms with Crippen molar-refractivity contribution in [2.24, 2.45) is 0 Å². The third kappa shape index (κ3) is 4.42. The Hall–Kier alpha value is -3.07. The summed E-state index contributed by atoms with van der Waals surface area (Å²) in [6.45, 7) is 7.05. The number of nitrogens with one attached hydrogen (secondary N) is 2. The first-order valence-corrected chi connectivity index (χ1v) is 9.34. The van der Waals surface area contributed by atoms with Gasteiger partial charge in [0.15, 0.2) is 11.5 Å². The number of hydrogen-bond acceptors (Lipinski definition) is 6. The van der Waals surface area contributed by atoms with Gasteiger partial charge >= 0.3 is 0 Å². The van der Waals surface area contributed by atoms with Crippen molar-refractivity contribution in [3.05, 3.63) is 35.9 Å². The van der Waals surface area contributed by atoms with Crippen LogP contribution in [-0.2, 0) is 4.74 Å². The zero-order valence-corrected chi connectivity index (χ0v) is 16.2. The summed E-state index contributed by atoms with van der Waals surface area (Å²) in [5, 5.41) is 11.5. The fourth-order valence-corrected chi connectivity index (χ4v) is 2.75. The van der Waals surface area contributed by atoms with Crippen LogP contribution in [0, 0.1) is 0 Å². The quantitative estimate of drug-likeness (QED) is 0.433. The Morgan fingerprint density at radius 3 is 2.89 bits per heavy atom. The van der Waals surface area contributed by atoms with Crippen LogP contribution in [0.5, 0.6) is 0 Å². The molecule has 1 atom stereocenters. The maximum atomic E-state index is 12.5. The van der Waals surface area contributed by atoms with E-state index in [-0.39, 0.29) is 23.4 Å². The summed E-state index contributed by atoms with van der Waals surface area (Å²) >= 11 is 0. The second-order valence-electron chi connectivity index (χ2n) is 6.49. The van der Waals surface area contributed by atoms with Crippen LogP contribution in [0.25, 0.3) is 11.0 Å². The number of fused-ring (bicyclic) bond motifs is 1. The van der Waals surface area contributed by atoms with Gasteiger partial charge in [0.05, 0.1) is 29.8 Å². The third-order valence-corrected chi connectivity index (χ3v) is 4.43. The number of aromatic nitrogens is 5. The average Bonchev–Trinajstić information content (AvgIpc) is 3.34. The molecule has 1 amide bonds. The van der Waals surface area contributed by atoms with E-state index in [2.05, 4.69) is 25.6 Å². The van der Waals surface area contributed by atoms with E-state index in [1.807, 2.05) is 13.8 Å². The van der Waals surface area contributed by atoms with Crippen LogP contribution in [0.1, 0.15) is 60.6 Å². The van der Waals surface area contributed by atoms with Gasteiger partial charge < -0.3 is 15.0 Å². The summed E-state index contributed by atoms with van der Waals surface area (Å²) < 4.78 is 7.00. The highest BCUT2D eigenvalue weighted by Crippen LogP contribution is 2.19. The van der Waals surface area contributed by atoms with Crippen LogP contribution < -0.4 is 5.32 Å². The number of anilines is 1. The highest BCUT2D eigenvalue weighted by atomic mass is 16.5. The summed E-state index contributed by atoms with van der Waals surface area (Å²) in [6.07, 6.45) is 4.35. The topological polar surface area (TPSA) is 115 Å². The monoisotopic (exact) mass is 384 g/mol. The summed E-state index contributed by atoms with van der Waals surface area (Å²) in [6, 6.07) is 3.58. The molecule has 0 spiro atoms. The van der Waals surface area contributed by atoms with Crippen LogP contribution in [0.2, 0.25) is 0 Å². The Kier molecular flexibility index (Phi) is 6.15. The number of hydrogen-bond donors (Lipinski definition) is 2. The van der Waals surface area contributed by atoms with Gasteiger partial charge in [-0.05, 0) is 32.4 Å². The van der Waals surface area contributed by atoms with Gasteiger partial charge in [0, 0.05) is 25.0 Å². The van der Waals surface area contributed by atoms with Crippen molar-refractivity contribution in [1.82, 2.24) is 25.0 Å². The molecular weight excluding hydrogens is 360 g/mol. The van der Waals surface area contributed by atoms with Crippen LogP contribution in [0.3, 0.4) is 0 Å². The minimum absolute atomic E-state index is 0.0126. The lowest BCUT2D eigenvalue weighted by Gasteiger charge is -2.10. The van der Waals surface area contributed by atoms with Gasteiger partial charge in [-0.2, -0.15) is 0 Å². The summed E-state index contributed by atoms with van der Waals surface area (Å²) in [4.78, 5) is 31.5. The molecule has 9 nitrogen and oxygen atoms in total. The van der Waals surface area contributed by atoms with E-state index in [0.29, 0.717) is 36.7 Å². The average molecular weight is 384 g/mol. The molecule has 0 radical (unpaired) electrons. The molecule has 3 rings (SSSR count). The van der Waals surface area contributed by atoms with E-state index >= 15 is 0 Å². The molecule has 0 aliphatic carbocycles. The number of H-pyrrole nitrogens is 1. The van der Waals surface area contributed by atoms with E-state index in [1.165, 1.54) is 6.20 Å². The molecule has 148 valence electrons. The molecular formula is C19H24N6O3. The number of pyridine rings is 1. The molecule has 0 saturated carbocycles. The van der Waals surface area contributed by atoms with E-state index in [1.54, 1.807) is 29.9 Å². The minimum Gasteiger partial charge on any atom is -0.382 e. The first kappa shape index (κ1) is 19.7. The lowest BCUT2D eigenvalue weighted by Crippen LogP contribution is -2.13. The number of ketones is 1. The predicted octanol–water partition coefficient (Wildman–Crippen LogP) is 2.99. The van der Waals surface area contributed by atoms with Crippen molar-refractivity contribution in [1.29, 1.82) is 0 Å². The van der Waals surface area contributed by atoms with Crippen molar-refractivity contribution >= 4 is 28.4 Å². The van der Waals surface area contributed by atoms with E-state index in [4.69, 9.17) is 4.74 Å². The second-order valence-corrected chi connectivity index (χ2v) is 6.49. The third-order valence-electron chi connectivity index (χ3n) is 4.43. The van der Waals surface area contributed by atoms with Gasteiger partial charge in [-0.25, -0.2) is 9.67 Å². The number of amides is 1. The summed E-state index contributed by atoms with van der Waals surface area (Å²) in [7, 11) is 0. The fourth-order valence-electron chi connectivity index (χ4n) is 2.75. The standard InChI is InChI=1S/C19H24N6O3/c1-4-17(26)15-9-13-8-14(10-20-18(13)22-15)21-19(27)16-11-25(24-23-16)12(3)6-7-28-5-2/h8-12H,4-7H2,1-3H3,(H,20,22)(H,21,27). The molecule has 28 heavy (non-hydrogen) atoms. The first-order valence-electron chi connectivity index (χ1n) is 9.34. The molecule has 0 saturated heterocycles. The molecule has 0 bridgehead atoms. The van der Waals surface area contributed by atoms with E-state index in [0.717, 1.165) is 11.8 Å². The number of aromatic amines is 1. The largest absolute Gasteiger partial charge is 0.382 e. The van der Waals surface area contributed by atoms with Crippen LogP contribution in [-0.4, -0.2) is 49.9 Å². The Balaban J connectivity index is 1.68. The van der Waals surface area contributed by atoms with Gasteiger partial charge in [-0.1, -0.05) is 12.1 Å². The molecule has 2 N–H and O–H groups in total. The van der Waals surface area contributed by atoms with E-state index < -0.39 is 0 Å². The lowest BCUT2D eigenvalue weighted by molar-refractivity contribution is 0.0982. The number of Topliss-reactive ketones (excluding diaryl/α,β-unsaturated/α-hetero) is 1. The van der Waals surface area contributed by atoms with Gasteiger partial charge in [-0.3, -0.25) is 9.59 Å².